The quantitative estimate of drug-likeness (QED) is 0.874. The molecule has 0 aliphatic rings. The molecule has 1 aromatic rings. The number of H-pyrrole nitrogens is 1. The second-order valence-corrected chi connectivity index (χ2v) is 3.67. The highest BCUT2D eigenvalue weighted by atomic mass is 79.9. The van der Waals surface area contributed by atoms with Gasteiger partial charge < -0.3 is 0 Å². The standard InChI is InChI=1S/C9H11BrN2O2/c1-6(2)12-5-7(3-4-10)8(13)11-9(12)14/h3-6H,1-2H3,(H,11,13,14)/b4-3+. The van der Waals surface area contributed by atoms with Gasteiger partial charge in [0.1, 0.15) is 0 Å². The predicted molar refractivity (Wildman–Crippen MR) is 59.7 cm³/mol. The fourth-order valence-corrected chi connectivity index (χ4v) is 1.36. The number of nitrogens with one attached hydrogen (secondary N) is 1. The number of nitrogens with zero attached hydrogens (tertiary/aromatic N) is 1. The molecule has 0 amide bonds. The third kappa shape index (κ3) is 2.23. The van der Waals surface area contributed by atoms with Crippen LogP contribution < -0.4 is 11.2 Å². The summed E-state index contributed by atoms with van der Waals surface area (Å²) in [5.74, 6) is 0. The lowest BCUT2D eigenvalue weighted by molar-refractivity contribution is 0.560. The molecule has 0 bridgehead atoms. The van der Waals surface area contributed by atoms with Crippen molar-refractivity contribution in [2.45, 2.75) is 19.9 Å². The first-order valence-corrected chi connectivity index (χ1v) is 5.10. The average molecular weight is 259 g/mol. The first-order chi connectivity index (χ1) is 6.56. The monoisotopic (exact) mass is 258 g/mol. The molecule has 0 aliphatic carbocycles. The Bertz CT molecular complexity index is 457. The molecule has 0 fully saturated rings. The fourth-order valence-electron chi connectivity index (χ4n) is 1.07. The van der Waals surface area contributed by atoms with E-state index < -0.39 is 0 Å². The molecule has 0 radical (unpaired) electrons. The Kier molecular flexibility index (Phi) is 3.46. The molecule has 1 aromatic heterocycles. The summed E-state index contributed by atoms with van der Waals surface area (Å²) < 4.78 is 1.48. The zero-order valence-corrected chi connectivity index (χ0v) is 9.54. The van der Waals surface area contributed by atoms with Gasteiger partial charge in [0.2, 0.25) is 0 Å². The minimum atomic E-state index is -0.378. The molecular formula is C9H11BrN2O2. The van der Waals surface area contributed by atoms with E-state index in [1.807, 2.05) is 13.8 Å². The number of halogens is 1. The molecule has 0 aromatic carbocycles. The van der Waals surface area contributed by atoms with Crippen LogP contribution in [0, 0.1) is 0 Å². The van der Waals surface area contributed by atoms with Crippen LogP contribution in [0.3, 0.4) is 0 Å². The third-order valence-corrected chi connectivity index (χ3v) is 2.06. The second kappa shape index (κ2) is 4.41. The van der Waals surface area contributed by atoms with Crippen LogP contribution in [0.4, 0.5) is 0 Å². The lowest BCUT2D eigenvalue weighted by Gasteiger charge is -2.08. The molecule has 0 saturated carbocycles. The van der Waals surface area contributed by atoms with Gasteiger partial charge in [0, 0.05) is 12.2 Å². The molecule has 4 nitrogen and oxygen atoms in total. The Morgan fingerprint density at radius 3 is 2.64 bits per heavy atom. The van der Waals surface area contributed by atoms with E-state index in [9.17, 15) is 9.59 Å². The highest BCUT2D eigenvalue weighted by Gasteiger charge is 2.04. The summed E-state index contributed by atoms with van der Waals surface area (Å²) in [4.78, 5) is 26.4. The molecule has 0 spiro atoms. The summed E-state index contributed by atoms with van der Waals surface area (Å²) in [6.07, 6.45) is 3.14. The molecule has 76 valence electrons. The van der Waals surface area contributed by atoms with Crippen LogP contribution in [-0.2, 0) is 0 Å². The van der Waals surface area contributed by atoms with E-state index in [1.165, 1.54) is 4.57 Å². The normalized spacial score (nSPS) is 11.4. The predicted octanol–water partition coefficient (Wildman–Crippen LogP) is 1.48. The lowest BCUT2D eigenvalue weighted by Crippen LogP contribution is -2.31. The highest BCUT2D eigenvalue weighted by molar-refractivity contribution is 9.11. The van der Waals surface area contributed by atoms with Gasteiger partial charge in [-0.1, -0.05) is 15.9 Å². The van der Waals surface area contributed by atoms with Crippen molar-refractivity contribution in [1.29, 1.82) is 0 Å². The second-order valence-electron chi connectivity index (χ2n) is 3.14. The molecule has 0 aliphatic heterocycles. The minimum absolute atomic E-state index is 0.0295. The van der Waals surface area contributed by atoms with Gasteiger partial charge in [-0.15, -0.1) is 0 Å². The number of aromatic nitrogens is 2. The molecule has 1 N–H and O–H groups in total. The van der Waals surface area contributed by atoms with E-state index in [4.69, 9.17) is 0 Å². The van der Waals surface area contributed by atoms with Gasteiger partial charge in [-0.25, -0.2) is 4.79 Å². The molecule has 14 heavy (non-hydrogen) atoms. The van der Waals surface area contributed by atoms with E-state index in [2.05, 4.69) is 20.9 Å². The van der Waals surface area contributed by atoms with Gasteiger partial charge in [0.15, 0.2) is 0 Å². The van der Waals surface area contributed by atoms with Gasteiger partial charge in [-0.2, -0.15) is 0 Å². The number of hydrogen-bond donors (Lipinski definition) is 1. The van der Waals surface area contributed by atoms with Crippen LogP contribution in [-0.4, -0.2) is 9.55 Å². The minimum Gasteiger partial charge on any atom is -0.297 e. The first kappa shape index (κ1) is 11.0. The summed E-state index contributed by atoms with van der Waals surface area (Å²) in [7, 11) is 0. The van der Waals surface area contributed by atoms with Crippen LogP contribution in [0.2, 0.25) is 0 Å². The van der Waals surface area contributed by atoms with Crippen molar-refractivity contribution in [1.82, 2.24) is 9.55 Å². The Labute approximate surface area is 89.4 Å². The largest absolute Gasteiger partial charge is 0.328 e. The van der Waals surface area contributed by atoms with Gasteiger partial charge in [-0.3, -0.25) is 14.3 Å². The summed E-state index contributed by atoms with van der Waals surface area (Å²) >= 11 is 3.08. The van der Waals surface area contributed by atoms with Gasteiger partial charge in [0.25, 0.3) is 5.56 Å². The lowest BCUT2D eigenvalue weighted by atomic mass is 10.3. The Hall–Kier alpha value is -1.10. The molecule has 0 saturated heterocycles. The zero-order valence-electron chi connectivity index (χ0n) is 7.95. The molecular weight excluding hydrogens is 248 g/mol. The molecule has 5 heteroatoms. The number of aromatic amines is 1. The summed E-state index contributed by atoms with van der Waals surface area (Å²) in [5, 5.41) is 0. The van der Waals surface area contributed by atoms with Gasteiger partial charge in [-0.05, 0) is 24.9 Å². The number of rotatable bonds is 2. The van der Waals surface area contributed by atoms with Crippen LogP contribution in [0.15, 0.2) is 20.8 Å². The van der Waals surface area contributed by atoms with Crippen molar-refractivity contribution in [3.8, 4) is 0 Å². The summed E-state index contributed by atoms with van der Waals surface area (Å²) in [6, 6.07) is 0.0295. The maximum Gasteiger partial charge on any atom is 0.328 e. The Morgan fingerprint density at radius 1 is 1.50 bits per heavy atom. The van der Waals surface area contributed by atoms with Crippen LogP contribution in [0.5, 0.6) is 0 Å². The van der Waals surface area contributed by atoms with E-state index in [0.717, 1.165) is 0 Å². The topological polar surface area (TPSA) is 54.9 Å². The van der Waals surface area contributed by atoms with Crippen molar-refractivity contribution in [2.75, 3.05) is 0 Å². The maximum absolute atomic E-state index is 11.3. The van der Waals surface area contributed by atoms with Crippen molar-refractivity contribution < 1.29 is 0 Å². The molecule has 1 rings (SSSR count). The third-order valence-electron chi connectivity index (χ3n) is 1.79. The van der Waals surface area contributed by atoms with Crippen molar-refractivity contribution in [3.05, 3.63) is 37.6 Å². The van der Waals surface area contributed by atoms with Gasteiger partial charge >= 0.3 is 5.69 Å². The van der Waals surface area contributed by atoms with E-state index >= 15 is 0 Å². The smallest absolute Gasteiger partial charge is 0.297 e. The Balaban J connectivity index is 3.42. The van der Waals surface area contributed by atoms with Crippen LogP contribution in [0.25, 0.3) is 6.08 Å². The van der Waals surface area contributed by atoms with E-state index in [0.29, 0.717) is 5.56 Å². The van der Waals surface area contributed by atoms with E-state index in [1.54, 1.807) is 17.3 Å². The molecule has 0 unspecified atom stereocenters. The molecule has 0 atom stereocenters. The van der Waals surface area contributed by atoms with Crippen molar-refractivity contribution in [2.24, 2.45) is 0 Å². The zero-order chi connectivity index (χ0) is 10.7. The molecule has 1 heterocycles. The summed E-state index contributed by atoms with van der Waals surface area (Å²) in [6.45, 7) is 3.75. The van der Waals surface area contributed by atoms with E-state index in [-0.39, 0.29) is 17.3 Å². The Morgan fingerprint density at radius 2 is 2.14 bits per heavy atom. The fraction of sp³-hybridized carbons (Fsp3) is 0.333. The SMILES string of the molecule is CC(C)n1cc(/C=C/Br)c(=O)[nH]c1=O. The highest BCUT2D eigenvalue weighted by Crippen LogP contribution is 2.01. The first-order valence-electron chi connectivity index (χ1n) is 4.18. The maximum atomic E-state index is 11.3. The summed E-state index contributed by atoms with van der Waals surface area (Å²) in [5.41, 5.74) is -0.297. The van der Waals surface area contributed by atoms with Crippen molar-refractivity contribution >= 4 is 22.0 Å². The van der Waals surface area contributed by atoms with Crippen LogP contribution >= 0.6 is 15.9 Å². The van der Waals surface area contributed by atoms with Gasteiger partial charge in [0.05, 0.1) is 5.56 Å². The van der Waals surface area contributed by atoms with Crippen molar-refractivity contribution in [3.63, 3.8) is 0 Å². The number of hydrogen-bond acceptors (Lipinski definition) is 2. The average Bonchev–Trinajstić information content (AvgIpc) is 2.09. The van der Waals surface area contributed by atoms with Crippen LogP contribution in [0.1, 0.15) is 25.5 Å².